The van der Waals surface area contributed by atoms with Gasteiger partial charge in [0, 0.05) is 0 Å². The molecule has 0 spiro atoms. The maximum absolute atomic E-state index is 11.9. The summed E-state index contributed by atoms with van der Waals surface area (Å²) in [7, 11) is 0. The van der Waals surface area contributed by atoms with Crippen LogP contribution in [-0.4, -0.2) is 11.1 Å². The molecule has 0 bridgehead atoms. The molecule has 0 aromatic heterocycles. The molecule has 0 amide bonds. The molecule has 3 rings (SSSR count). The summed E-state index contributed by atoms with van der Waals surface area (Å²) >= 11 is 0. The van der Waals surface area contributed by atoms with Crippen LogP contribution < -0.4 is 0 Å². The third-order valence-electron chi connectivity index (χ3n) is 7.07. The average molecular weight is 276 g/mol. The van der Waals surface area contributed by atoms with Crippen molar-refractivity contribution < 1.29 is 9.90 Å². The molecule has 112 valence electrons. The quantitative estimate of drug-likeness (QED) is 0.708. The van der Waals surface area contributed by atoms with Crippen LogP contribution in [0.1, 0.15) is 65.2 Å². The molecule has 3 fully saturated rings. The van der Waals surface area contributed by atoms with Gasteiger partial charge in [-0.3, -0.25) is 4.79 Å². The lowest BCUT2D eigenvalue weighted by atomic mass is 9.44. The SMILES string of the molecule is C=C1CC[C@@H]2C(CCC3[C@](C)(C(=O)O)CCC[C@]32C)C1. The summed E-state index contributed by atoms with van der Waals surface area (Å²) < 4.78 is 0. The van der Waals surface area contributed by atoms with E-state index >= 15 is 0 Å². The fourth-order valence-electron chi connectivity index (χ4n) is 6.02. The minimum Gasteiger partial charge on any atom is -0.481 e. The van der Waals surface area contributed by atoms with Crippen molar-refractivity contribution in [3.05, 3.63) is 12.2 Å². The molecule has 3 saturated carbocycles. The molecule has 2 heteroatoms. The van der Waals surface area contributed by atoms with Gasteiger partial charge in [-0.15, -0.1) is 0 Å². The molecular weight excluding hydrogens is 248 g/mol. The van der Waals surface area contributed by atoms with Crippen molar-refractivity contribution in [2.45, 2.75) is 65.2 Å². The first-order valence-electron chi connectivity index (χ1n) is 8.28. The van der Waals surface area contributed by atoms with Crippen molar-refractivity contribution in [3.63, 3.8) is 0 Å². The Labute approximate surface area is 122 Å². The highest BCUT2D eigenvalue weighted by molar-refractivity contribution is 5.75. The van der Waals surface area contributed by atoms with Gasteiger partial charge < -0.3 is 5.11 Å². The maximum Gasteiger partial charge on any atom is 0.309 e. The van der Waals surface area contributed by atoms with Crippen molar-refractivity contribution in [2.24, 2.45) is 28.6 Å². The van der Waals surface area contributed by atoms with Gasteiger partial charge in [-0.05, 0) is 75.0 Å². The lowest BCUT2D eigenvalue weighted by molar-refractivity contribution is -0.170. The van der Waals surface area contributed by atoms with Gasteiger partial charge in [0.1, 0.15) is 0 Å². The highest BCUT2D eigenvalue weighted by atomic mass is 16.4. The second kappa shape index (κ2) is 4.61. The van der Waals surface area contributed by atoms with Crippen LogP contribution in [0, 0.1) is 28.6 Å². The summed E-state index contributed by atoms with van der Waals surface area (Å²) in [5, 5.41) is 9.77. The lowest BCUT2D eigenvalue weighted by Crippen LogP contribution is -2.55. The van der Waals surface area contributed by atoms with Crippen molar-refractivity contribution in [3.8, 4) is 0 Å². The molecule has 20 heavy (non-hydrogen) atoms. The van der Waals surface area contributed by atoms with Crippen LogP contribution in [-0.2, 0) is 4.79 Å². The zero-order valence-electron chi connectivity index (χ0n) is 13.0. The fourth-order valence-corrected chi connectivity index (χ4v) is 6.02. The van der Waals surface area contributed by atoms with Crippen molar-refractivity contribution in [2.75, 3.05) is 0 Å². The van der Waals surface area contributed by atoms with Gasteiger partial charge in [0.15, 0.2) is 0 Å². The predicted octanol–water partition coefficient (Wildman–Crippen LogP) is 4.65. The highest BCUT2D eigenvalue weighted by Crippen LogP contribution is 2.64. The molecule has 2 unspecified atom stereocenters. The molecule has 3 aliphatic carbocycles. The number of hydrogen-bond donors (Lipinski definition) is 1. The Morgan fingerprint density at radius 3 is 2.70 bits per heavy atom. The van der Waals surface area contributed by atoms with Crippen LogP contribution in [0.3, 0.4) is 0 Å². The zero-order valence-corrected chi connectivity index (χ0v) is 13.0. The lowest BCUT2D eigenvalue weighted by Gasteiger charge is -2.60. The monoisotopic (exact) mass is 276 g/mol. The number of carboxylic acids is 1. The van der Waals surface area contributed by atoms with Crippen LogP contribution in [0.2, 0.25) is 0 Å². The molecule has 0 aromatic rings. The Morgan fingerprint density at radius 2 is 2.00 bits per heavy atom. The number of allylic oxidation sites excluding steroid dienone is 1. The van der Waals surface area contributed by atoms with Gasteiger partial charge in [0.25, 0.3) is 0 Å². The molecular formula is C18H28O2. The van der Waals surface area contributed by atoms with E-state index in [0.717, 1.165) is 37.5 Å². The van der Waals surface area contributed by atoms with Crippen LogP contribution in [0.5, 0.6) is 0 Å². The van der Waals surface area contributed by atoms with E-state index in [2.05, 4.69) is 13.5 Å². The first-order chi connectivity index (χ1) is 9.38. The Balaban J connectivity index is 1.94. The number of hydrogen-bond acceptors (Lipinski definition) is 1. The molecule has 5 atom stereocenters. The van der Waals surface area contributed by atoms with Crippen molar-refractivity contribution in [1.29, 1.82) is 0 Å². The average Bonchev–Trinajstić information content (AvgIpc) is 2.37. The summed E-state index contributed by atoms with van der Waals surface area (Å²) in [6, 6.07) is 0. The third kappa shape index (κ3) is 1.87. The van der Waals surface area contributed by atoms with Gasteiger partial charge in [0.2, 0.25) is 0 Å². The second-order valence-electron chi connectivity index (χ2n) is 8.07. The topological polar surface area (TPSA) is 37.3 Å². The van der Waals surface area contributed by atoms with E-state index in [-0.39, 0.29) is 5.41 Å². The number of carbonyl (C=O) groups is 1. The summed E-state index contributed by atoms with van der Waals surface area (Å²) in [5.74, 6) is 1.31. The van der Waals surface area contributed by atoms with E-state index < -0.39 is 11.4 Å². The van der Waals surface area contributed by atoms with Crippen LogP contribution in [0.4, 0.5) is 0 Å². The number of aliphatic carboxylic acids is 1. The van der Waals surface area contributed by atoms with Gasteiger partial charge in [-0.1, -0.05) is 25.5 Å². The normalized spacial score (nSPS) is 48.3. The van der Waals surface area contributed by atoms with E-state index in [1.54, 1.807) is 0 Å². The Kier molecular flexibility index (Phi) is 3.26. The van der Waals surface area contributed by atoms with Crippen LogP contribution in [0.25, 0.3) is 0 Å². The first kappa shape index (κ1) is 14.2. The van der Waals surface area contributed by atoms with E-state index in [1.807, 2.05) is 6.92 Å². The minimum absolute atomic E-state index is 0.245. The largest absolute Gasteiger partial charge is 0.481 e. The first-order valence-corrected chi connectivity index (χ1v) is 8.28. The standard InChI is InChI=1S/C18H28O2/c1-12-5-7-14-13(11-12)6-8-15-17(14,2)9-4-10-18(15,3)16(19)20/h13-15H,1,4-11H2,2-3H3,(H,19,20)/t13?,14-,15?,17+,18-/m1/s1. The molecule has 1 N–H and O–H groups in total. The van der Waals surface area contributed by atoms with Crippen molar-refractivity contribution >= 4 is 5.97 Å². The van der Waals surface area contributed by atoms with Gasteiger partial charge >= 0.3 is 5.97 Å². The summed E-state index contributed by atoms with van der Waals surface area (Å²) in [5.41, 5.74) is 1.17. The number of fused-ring (bicyclic) bond motifs is 3. The van der Waals surface area contributed by atoms with E-state index in [9.17, 15) is 9.90 Å². The molecule has 0 radical (unpaired) electrons. The number of carboxylic acid groups (broad SMARTS) is 1. The molecule has 0 aliphatic heterocycles. The van der Waals surface area contributed by atoms with E-state index in [4.69, 9.17) is 0 Å². The highest BCUT2D eigenvalue weighted by Gasteiger charge is 2.58. The fraction of sp³-hybridized carbons (Fsp3) is 0.833. The summed E-state index contributed by atoms with van der Waals surface area (Å²) in [4.78, 5) is 11.9. The number of rotatable bonds is 1. The molecule has 0 aromatic carbocycles. The van der Waals surface area contributed by atoms with E-state index in [1.165, 1.54) is 31.3 Å². The van der Waals surface area contributed by atoms with Gasteiger partial charge in [0.05, 0.1) is 5.41 Å². The predicted molar refractivity (Wildman–Crippen MR) is 80.4 cm³/mol. The Hall–Kier alpha value is -0.790. The van der Waals surface area contributed by atoms with Crippen molar-refractivity contribution in [1.82, 2.24) is 0 Å². The molecule has 2 nitrogen and oxygen atoms in total. The summed E-state index contributed by atoms with van der Waals surface area (Å²) in [6.07, 6.45) is 9.09. The van der Waals surface area contributed by atoms with Gasteiger partial charge in [-0.2, -0.15) is 0 Å². The molecule has 3 aliphatic rings. The zero-order chi connectivity index (χ0) is 14.5. The summed E-state index contributed by atoms with van der Waals surface area (Å²) in [6.45, 7) is 8.61. The van der Waals surface area contributed by atoms with Crippen LogP contribution >= 0.6 is 0 Å². The second-order valence-corrected chi connectivity index (χ2v) is 8.07. The molecule has 0 heterocycles. The Morgan fingerprint density at radius 1 is 1.25 bits per heavy atom. The smallest absolute Gasteiger partial charge is 0.309 e. The minimum atomic E-state index is -0.563. The van der Waals surface area contributed by atoms with Crippen LogP contribution in [0.15, 0.2) is 12.2 Å². The van der Waals surface area contributed by atoms with Gasteiger partial charge in [-0.25, -0.2) is 0 Å². The third-order valence-corrected chi connectivity index (χ3v) is 7.07. The molecule has 0 saturated heterocycles. The maximum atomic E-state index is 11.9. The Bertz CT molecular complexity index is 441. The van der Waals surface area contributed by atoms with E-state index in [0.29, 0.717) is 5.92 Å².